The standard InChI is InChI=1S/C14H19N3O2/c1-5-17(13-16-15-9-19-13)10-6-7-12(18)11(8-10)14(2,3)4/h6-9,18H,5H2,1-4H3. The number of nitrogens with zero attached hydrogens (tertiary/aromatic N) is 3. The summed E-state index contributed by atoms with van der Waals surface area (Å²) in [7, 11) is 0. The van der Waals surface area contributed by atoms with Gasteiger partial charge in [-0.3, -0.25) is 4.90 Å². The number of phenolic OH excluding ortho intramolecular Hbond substituents is 1. The first-order valence-electron chi connectivity index (χ1n) is 6.30. The van der Waals surface area contributed by atoms with Gasteiger partial charge in [0.05, 0.1) is 0 Å². The van der Waals surface area contributed by atoms with Crippen molar-refractivity contribution in [1.82, 2.24) is 10.2 Å². The van der Waals surface area contributed by atoms with Gasteiger partial charge in [0.1, 0.15) is 5.75 Å². The number of aromatic hydroxyl groups is 1. The molecule has 0 bridgehead atoms. The predicted molar refractivity (Wildman–Crippen MR) is 73.8 cm³/mol. The molecule has 5 heteroatoms. The van der Waals surface area contributed by atoms with Crippen molar-refractivity contribution < 1.29 is 9.52 Å². The van der Waals surface area contributed by atoms with Gasteiger partial charge in [-0.15, -0.1) is 5.10 Å². The molecule has 2 rings (SSSR count). The van der Waals surface area contributed by atoms with Crippen LogP contribution in [0.4, 0.5) is 11.7 Å². The van der Waals surface area contributed by atoms with Gasteiger partial charge in [-0.25, -0.2) is 0 Å². The van der Waals surface area contributed by atoms with E-state index in [9.17, 15) is 5.11 Å². The van der Waals surface area contributed by atoms with Gasteiger partial charge in [0, 0.05) is 17.8 Å². The number of aromatic nitrogens is 2. The molecular formula is C14H19N3O2. The predicted octanol–water partition coefficient (Wildman–Crippen LogP) is 3.23. The minimum absolute atomic E-state index is 0.131. The highest BCUT2D eigenvalue weighted by Crippen LogP contribution is 2.35. The van der Waals surface area contributed by atoms with Crippen molar-refractivity contribution in [3.63, 3.8) is 0 Å². The van der Waals surface area contributed by atoms with E-state index in [4.69, 9.17) is 4.42 Å². The highest BCUT2D eigenvalue weighted by atomic mass is 16.4. The largest absolute Gasteiger partial charge is 0.508 e. The van der Waals surface area contributed by atoms with E-state index < -0.39 is 0 Å². The van der Waals surface area contributed by atoms with E-state index in [0.29, 0.717) is 18.3 Å². The number of anilines is 2. The highest BCUT2D eigenvalue weighted by molar-refractivity contribution is 5.60. The van der Waals surface area contributed by atoms with Crippen LogP contribution in [-0.2, 0) is 5.41 Å². The summed E-state index contributed by atoms with van der Waals surface area (Å²) in [6.45, 7) is 8.91. The molecule has 1 N–H and O–H groups in total. The lowest BCUT2D eigenvalue weighted by Crippen LogP contribution is -2.18. The van der Waals surface area contributed by atoms with Crippen molar-refractivity contribution in [2.24, 2.45) is 0 Å². The van der Waals surface area contributed by atoms with Crippen molar-refractivity contribution >= 4 is 11.7 Å². The summed E-state index contributed by atoms with van der Waals surface area (Å²) < 4.78 is 5.24. The normalized spacial score (nSPS) is 11.6. The molecule has 0 aliphatic heterocycles. The third-order valence-corrected chi connectivity index (χ3v) is 3.00. The Morgan fingerprint density at radius 3 is 2.58 bits per heavy atom. The summed E-state index contributed by atoms with van der Waals surface area (Å²) in [6.07, 6.45) is 1.31. The molecule has 0 atom stereocenters. The molecule has 0 unspecified atom stereocenters. The van der Waals surface area contributed by atoms with E-state index in [1.165, 1.54) is 6.39 Å². The van der Waals surface area contributed by atoms with Crippen molar-refractivity contribution in [2.75, 3.05) is 11.4 Å². The first-order valence-corrected chi connectivity index (χ1v) is 6.30. The van der Waals surface area contributed by atoms with E-state index in [1.807, 2.05) is 24.0 Å². The smallest absolute Gasteiger partial charge is 0.322 e. The molecule has 102 valence electrons. The average Bonchev–Trinajstić information content (AvgIpc) is 2.84. The lowest BCUT2D eigenvalue weighted by atomic mass is 9.86. The number of rotatable bonds is 3. The second kappa shape index (κ2) is 4.91. The Labute approximate surface area is 112 Å². The molecule has 0 aliphatic carbocycles. The lowest BCUT2D eigenvalue weighted by Gasteiger charge is -2.24. The molecule has 1 aromatic heterocycles. The molecule has 0 saturated heterocycles. The first-order chi connectivity index (χ1) is 8.93. The first kappa shape index (κ1) is 13.4. The molecule has 1 heterocycles. The van der Waals surface area contributed by atoms with Crippen LogP contribution >= 0.6 is 0 Å². The maximum atomic E-state index is 9.99. The molecule has 1 aromatic carbocycles. The van der Waals surface area contributed by atoms with E-state index in [1.54, 1.807) is 6.07 Å². The molecular weight excluding hydrogens is 242 g/mol. The van der Waals surface area contributed by atoms with Crippen LogP contribution in [-0.4, -0.2) is 21.8 Å². The van der Waals surface area contributed by atoms with Crippen LogP contribution < -0.4 is 4.90 Å². The number of phenols is 1. The monoisotopic (exact) mass is 261 g/mol. The van der Waals surface area contributed by atoms with Gasteiger partial charge in [-0.1, -0.05) is 25.9 Å². The van der Waals surface area contributed by atoms with Crippen molar-refractivity contribution in [1.29, 1.82) is 0 Å². The molecule has 0 fully saturated rings. The van der Waals surface area contributed by atoms with Gasteiger partial charge in [-0.05, 0) is 30.5 Å². The molecule has 19 heavy (non-hydrogen) atoms. The Morgan fingerprint density at radius 1 is 1.32 bits per heavy atom. The minimum Gasteiger partial charge on any atom is -0.508 e. The summed E-state index contributed by atoms with van der Waals surface area (Å²) >= 11 is 0. The highest BCUT2D eigenvalue weighted by Gasteiger charge is 2.21. The van der Waals surface area contributed by atoms with Crippen LogP contribution in [0.15, 0.2) is 29.0 Å². The maximum Gasteiger partial charge on any atom is 0.322 e. The van der Waals surface area contributed by atoms with Gasteiger partial charge in [-0.2, -0.15) is 0 Å². The zero-order valence-electron chi connectivity index (χ0n) is 11.7. The zero-order valence-corrected chi connectivity index (χ0v) is 11.7. The topological polar surface area (TPSA) is 62.4 Å². The molecule has 0 aliphatic rings. The molecule has 0 saturated carbocycles. The minimum atomic E-state index is -0.131. The maximum absolute atomic E-state index is 9.99. The summed E-state index contributed by atoms with van der Waals surface area (Å²) in [4.78, 5) is 1.90. The number of benzene rings is 1. The summed E-state index contributed by atoms with van der Waals surface area (Å²) in [5, 5.41) is 17.6. The van der Waals surface area contributed by atoms with Gasteiger partial charge in [0.25, 0.3) is 0 Å². The fraction of sp³-hybridized carbons (Fsp3) is 0.429. The number of hydrogen-bond donors (Lipinski definition) is 1. The van der Waals surface area contributed by atoms with E-state index >= 15 is 0 Å². The van der Waals surface area contributed by atoms with Crippen LogP contribution in [0, 0.1) is 0 Å². The van der Waals surface area contributed by atoms with Gasteiger partial charge in [0.15, 0.2) is 0 Å². The third-order valence-electron chi connectivity index (χ3n) is 3.00. The molecule has 5 nitrogen and oxygen atoms in total. The SMILES string of the molecule is CCN(c1ccc(O)c(C(C)(C)C)c1)c1nnco1. The van der Waals surface area contributed by atoms with Crippen molar-refractivity contribution in [3.05, 3.63) is 30.2 Å². The lowest BCUT2D eigenvalue weighted by molar-refractivity contribution is 0.446. The van der Waals surface area contributed by atoms with Crippen molar-refractivity contribution in [3.8, 4) is 5.75 Å². The third kappa shape index (κ3) is 2.70. The second-order valence-electron chi connectivity index (χ2n) is 5.42. The summed E-state index contributed by atoms with van der Waals surface area (Å²) in [6, 6.07) is 5.96. The van der Waals surface area contributed by atoms with Crippen LogP contribution in [0.3, 0.4) is 0 Å². The Balaban J connectivity index is 2.45. The Kier molecular flexibility index (Phi) is 3.46. The fourth-order valence-electron chi connectivity index (χ4n) is 2.01. The van der Waals surface area contributed by atoms with Crippen LogP contribution in [0.2, 0.25) is 0 Å². The van der Waals surface area contributed by atoms with E-state index in [0.717, 1.165) is 11.3 Å². The summed E-state index contributed by atoms with van der Waals surface area (Å²) in [5.41, 5.74) is 1.69. The molecule has 0 radical (unpaired) electrons. The second-order valence-corrected chi connectivity index (χ2v) is 5.42. The average molecular weight is 261 g/mol. The zero-order chi connectivity index (χ0) is 14.0. The van der Waals surface area contributed by atoms with Gasteiger partial charge >= 0.3 is 6.01 Å². The van der Waals surface area contributed by atoms with Crippen LogP contribution in [0.5, 0.6) is 5.75 Å². The van der Waals surface area contributed by atoms with Gasteiger partial charge < -0.3 is 9.52 Å². The van der Waals surface area contributed by atoms with Crippen molar-refractivity contribution in [2.45, 2.75) is 33.1 Å². The fourth-order valence-corrected chi connectivity index (χ4v) is 2.01. The van der Waals surface area contributed by atoms with Gasteiger partial charge in [0.2, 0.25) is 6.39 Å². The summed E-state index contributed by atoms with van der Waals surface area (Å²) in [5.74, 6) is 0.304. The molecule has 2 aromatic rings. The number of hydrogen-bond acceptors (Lipinski definition) is 5. The van der Waals surface area contributed by atoms with Crippen LogP contribution in [0.25, 0.3) is 0 Å². The van der Waals surface area contributed by atoms with E-state index in [2.05, 4.69) is 31.0 Å². The van der Waals surface area contributed by atoms with E-state index in [-0.39, 0.29) is 5.41 Å². The Bertz CT molecular complexity index is 544. The Hall–Kier alpha value is -2.04. The Morgan fingerprint density at radius 2 is 2.05 bits per heavy atom. The quantitative estimate of drug-likeness (QED) is 0.919. The molecule has 0 amide bonds. The van der Waals surface area contributed by atoms with Crippen LogP contribution in [0.1, 0.15) is 33.3 Å². The molecule has 0 spiro atoms.